The molecule has 162 valence electrons. The van der Waals surface area contributed by atoms with Crippen molar-refractivity contribution in [2.45, 2.75) is 40.5 Å². The van der Waals surface area contributed by atoms with Crippen molar-refractivity contribution in [3.05, 3.63) is 88.6 Å². The van der Waals surface area contributed by atoms with E-state index >= 15 is 0 Å². The molecule has 3 nitrogen and oxygen atoms in total. The molecule has 2 aromatic carbocycles. The molecule has 0 N–H and O–H groups in total. The molecule has 0 fully saturated rings. The number of pyridine rings is 1. The number of benzene rings is 2. The molecule has 4 aromatic rings. The number of hydrogen-bond donors (Lipinski definition) is 0. The van der Waals surface area contributed by atoms with E-state index in [1.165, 1.54) is 16.7 Å². The van der Waals surface area contributed by atoms with Crippen molar-refractivity contribution in [1.82, 2.24) is 4.98 Å². The number of aliphatic imine (C=N–C) groups is 1. The van der Waals surface area contributed by atoms with Gasteiger partial charge in [-0.3, -0.25) is 4.99 Å². The Morgan fingerprint density at radius 3 is 2.56 bits per heavy atom. The summed E-state index contributed by atoms with van der Waals surface area (Å²) >= 11 is 0. The zero-order valence-corrected chi connectivity index (χ0v) is 19.7. The molecule has 0 radical (unpaired) electrons. The molecule has 0 aliphatic carbocycles. The monoisotopic (exact) mass is 422 g/mol. The van der Waals surface area contributed by atoms with Crippen LogP contribution < -0.4 is 0 Å². The van der Waals surface area contributed by atoms with Gasteiger partial charge in [0.1, 0.15) is 5.58 Å². The lowest BCUT2D eigenvalue weighted by atomic mass is 9.93. The maximum atomic E-state index is 6.29. The molecule has 0 spiro atoms. The standard InChI is InChI=1S/C29H30N2O/c1-18(2)22-8-7-9-23(17-22)24(14-15-30-6)16-20(4)27-19(3)10-12-25-26-13-11-21(5)31-29(26)32-28(25)27/h7-18H,1-6H3/b20-16+,24-14+,30-15+. The summed E-state index contributed by atoms with van der Waals surface area (Å²) in [6, 6.07) is 17.2. The number of fused-ring (bicyclic) bond motifs is 3. The van der Waals surface area contributed by atoms with Crippen LogP contribution in [-0.2, 0) is 0 Å². The van der Waals surface area contributed by atoms with Gasteiger partial charge in [0.15, 0.2) is 0 Å². The molecule has 3 heteroatoms. The zero-order chi connectivity index (χ0) is 22.8. The Labute approximate surface area is 190 Å². The van der Waals surface area contributed by atoms with Gasteiger partial charge in [0.25, 0.3) is 0 Å². The molecule has 4 rings (SSSR count). The highest BCUT2D eigenvalue weighted by atomic mass is 16.3. The topological polar surface area (TPSA) is 38.4 Å². The second kappa shape index (κ2) is 8.96. The maximum Gasteiger partial charge on any atom is 0.227 e. The average molecular weight is 423 g/mol. The third-order valence-corrected chi connectivity index (χ3v) is 5.91. The van der Waals surface area contributed by atoms with E-state index in [2.05, 4.69) is 92.3 Å². The first-order chi connectivity index (χ1) is 15.4. The fraction of sp³-hybridized carbons (Fsp3) is 0.241. The molecule has 0 saturated heterocycles. The van der Waals surface area contributed by atoms with E-state index in [1.807, 2.05) is 19.2 Å². The zero-order valence-electron chi connectivity index (χ0n) is 19.7. The van der Waals surface area contributed by atoms with Crippen molar-refractivity contribution < 1.29 is 4.42 Å². The fourth-order valence-corrected chi connectivity index (χ4v) is 4.17. The number of furan rings is 1. The van der Waals surface area contributed by atoms with Crippen LogP contribution in [0.15, 0.2) is 70.1 Å². The number of hydrogen-bond acceptors (Lipinski definition) is 3. The Hall–Kier alpha value is -3.46. The SMILES string of the molecule is C/N=C/C=C(\C=C(/C)c1c(C)ccc2c1oc1nc(C)ccc12)c1cccc(C(C)C)c1. The summed E-state index contributed by atoms with van der Waals surface area (Å²) in [7, 11) is 1.80. The molecular formula is C29H30N2O. The first-order valence-electron chi connectivity index (χ1n) is 11.1. The molecule has 0 unspecified atom stereocenters. The van der Waals surface area contributed by atoms with Crippen molar-refractivity contribution in [2.24, 2.45) is 4.99 Å². The van der Waals surface area contributed by atoms with Crippen LogP contribution in [0.1, 0.15) is 54.6 Å². The number of aryl methyl sites for hydroxylation is 2. The van der Waals surface area contributed by atoms with E-state index < -0.39 is 0 Å². The number of allylic oxidation sites excluding steroid dienone is 4. The lowest BCUT2D eigenvalue weighted by Crippen LogP contribution is -1.92. The third-order valence-electron chi connectivity index (χ3n) is 5.91. The van der Waals surface area contributed by atoms with Gasteiger partial charge in [-0.1, -0.05) is 56.3 Å². The highest BCUT2D eigenvalue weighted by Crippen LogP contribution is 2.36. The smallest absolute Gasteiger partial charge is 0.227 e. The normalized spacial score (nSPS) is 13.2. The molecule has 0 atom stereocenters. The minimum atomic E-state index is 0.476. The number of aromatic nitrogens is 1. The van der Waals surface area contributed by atoms with Gasteiger partial charge >= 0.3 is 0 Å². The van der Waals surface area contributed by atoms with E-state index in [0.29, 0.717) is 11.6 Å². The number of nitrogens with zero attached hydrogens (tertiary/aromatic N) is 2. The Morgan fingerprint density at radius 2 is 1.81 bits per heavy atom. The van der Waals surface area contributed by atoms with Crippen LogP contribution in [0.25, 0.3) is 33.2 Å². The lowest BCUT2D eigenvalue weighted by molar-refractivity contribution is 0.651. The van der Waals surface area contributed by atoms with Crippen molar-refractivity contribution in [1.29, 1.82) is 0 Å². The quantitative estimate of drug-likeness (QED) is 0.242. The van der Waals surface area contributed by atoms with E-state index in [-0.39, 0.29) is 0 Å². The summed E-state index contributed by atoms with van der Waals surface area (Å²) in [5.41, 5.74) is 9.62. The maximum absolute atomic E-state index is 6.29. The highest BCUT2D eigenvalue weighted by molar-refractivity contribution is 6.08. The van der Waals surface area contributed by atoms with Crippen molar-refractivity contribution in [3.8, 4) is 0 Å². The van der Waals surface area contributed by atoms with Crippen molar-refractivity contribution in [3.63, 3.8) is 0 Å². The second-order valence-electron chi connectivity index (χ2n) is 8.68. The minimum absolute atomic E-state index is 0.476. The van der Waals surface area contributed by atoms with Crippen molar-refractivity contribution >= 4 is 39.4 Å². The van der Waals surface area contributed by atoms with Crippen LogP contribution in [0, 0.1) is 13.8 Å². The predicted octanol–water partition coefficient (Wildman–Crippen LogP) is 7.91. The van der Waals surface area contributed by atoms with E-state index in [4.69, 9.17) is 4.42 Å². The van der Waals surface area contributed by atoms with Gasteiger partial charge in [0.05, 0.1) is 0 Å². The van der Waals surface area contributed by atoms with Crippen LogP contribution in [-0.4, -0.2) is 18.2 Å². The van der Waals surface area contributed by atoms with E-state index in [9.17, 15) is 0 Å². The molecule has 0 amide bonds. The van der Waals surface area contributed by atoms with Crippen molar-refractivity contribution in [2.75, 3.05) is 7.05 Å². The summed E-state index contributed by atoms with van der Waals surface area (Å²) in [6.07, 6.45) is 6.15. The van der Waals surface area contributed by atoms with E-state index in [0.717, 1.165) is 38.8 Å². The first kappa shape index (κ1) is 21.8. The van der Waals surface area contributed by atoms with Gasteiger partial charge in [-0.25, -0.2) is 4.98 Å². The molecule has 32 heavy (non-hydrogen) atoms. The Morgan fingerprint density at radius 1 is 1.03 bits per heavy atom. The van der Waals surface area contributed by atoms with Crippen LogP contribution in [0.2, 0.25) is 0 Å². The van der Waals surface area contributed by atoms with Gasteiger partial charge in [0.2, 0.25) is 5.71 Å². The summed E-state index contributed by atoms with van der Waals surface area (Å²) in [5, 5.41) is 2.15. The predicted molar refractivity (Wildman–Crippen MR) is 138 cm³/mol. The minimum Gasteiger partial charge on any atom is -0.437 e. The highest BCUT2D eigenvalue weighted by Gasteiger charge is 2.15. The Kier molecular flexibility index (Phi) is 6.09. The molecule has 0 aliphatic heterocycles. The third kappa shape index (κ3) is 4.16. The van der Waals surface area contributed by atoms with E-state index in [1.54, 1.807) is 7.05 Å². The van der Waals surface area contributed by atoms with Gasteiger partial charge in [0, 0.05) is 35.3 Å². The molecular weight excluding hydrogens is 392 g/mol. The summed E-state index contributed by atoms with van der Waals surface area (Å²) in [6.45, 7) is 10.7. The summed E-state index contributed by atoms with van der Waals surface area (Å²) < 4.78 is 6.29. The van der Waals surface area contributed by atoms with Crippen LogP contribution in [0.3, 0.4) is 0 Å². The summed E-state index contributed by atoms with van der Waals surface area (Å²) in [5.74, 6) is 0.476. The second-order valence-corrected chi connectivity index (χ2v) is 8.68. The molecule has 0 aliphatic rings. The summed E-state index contributed by atoms with van der Waals surface area (Å²) in [4.78, 5) is 8.79. The van der Waals surface area contributed by atoms with Gasteiger partial charge in [-0.15, -0.1) is 0 Å². The van der Waals surface area contributed by atoms with Gasteiger partial charge in [-0.05, 0) is 72.7 Å². The molecule has 2 aromatic heterocycles. The molecule has 0 saturated carbocycles. The molecule has 0 bridgehead atoms. The lowest BCUT2D eigenvalue weighted by Gasteiger charge is -2.11. The largest absolute Gasteiger partial charge is 0.437 e. The number of rotatable bonds is 5. The van der Waals surface area contributed by atoms with Gasteiger partial charge in [-0.2, -0.15) is 0 Å². The Balaban J connectivity index is 1.90. The van der Waals surface area contributed by atoms with Crippen LogP contribution >= 0.6 is 0 Å². The fourth-order valence-electron chi connectivity index (χ4n) is 4.17. The van der Waals surface area contributed by atoms with Crippen LogP contribution in [0.4, 0.5) is 0 Å². The molecule has 2 heterocycles. The Bertz CT molecular complexity index is 1380. The van der Waals surface area contributed by atoms with Crippen LogP contribution in [0.5, 0.6) is 0 Å². The first-order valence-corrected chi connectivity index (χ1v) is 11.1. The average Bonchev–Trinajstić information content (AvgIpc) is 3.13. The van der Waals surface area contributed by atoms with Gasteiger partial charge < -0.3 is 4.42 Å².